The second-order valence-electron chi connectivity index (χ2n) is 6.07. The van der Waals surface area contributed by atoms with E-state index in [0.29, 0.717) is 5.92 Å². The maximum Gasteiger partial charge on any atom is 0.235 e. The Bertz CT molecular complexity index is 793. The molecule has 1 aromatic carbocycles. The van der Waals surface area contributed by atoms with Crippen molar-refractivity contribution in [2.24, 2.45) is 11.7 Å². The lowest BCUT2D eigenvalue weighted by atomic mass is 10.0. The molecule has 0 aliphatic rings. The predicted molar refractivity (Wildman–Crippen MR) is 95.8 cm³/mol. The van der Waals surface area contributed by atoms with E-state index in [1.54, 1.807) is 27.6 Å². The normalized spacial score (nSPS) is 13.1. The molecule has 0 amide bonds. The van der Waals surface area contributed by atoms with Crippen molar-refractivity contribution in [1.82, 2.24) is 19.8 Å². The molecule has 7 heteroatoms. The molecule has 0 fully saturated rings. The number of hydrogen-bond acceptors (Lipinski definition) is 6. The summed E-state index contributed by atoms with van der Waals surface area (Å²) in [4.78, 5) is 0.812. The van der Waals surface area contributed by atoms with Crippen molar-refractivity contribution in [3.8, 4) is 0 Å². The molecule has 3 aromatic rings. The van der Waals surface area contributed by atoms with Gasteiger partial charge in [-0.25, -0.2) is 0 Å². The molecule has 23 heavy (non-hydrogen) atoms. The van der Waals surface area contributed by atoms with Gasteiger partial charge in [-0.05, 0) is 30.4 Å². The third kappa shape index (κ3) is 3.73. The standard InChI is InChI=1S/C16H21N5S2/c1-10(2)8-13(17)14-18-19-15-21(14)20-16(23-15)22-9-12-7-5-4-6-11(12)3/h4-7,10,13H,8-9,17H2,1-3H3/t13-/m0/s1. The van der Waals surface area contributed by atoms with E-state index in [-0.39, 0.29) is 6.04 Å². The number of nitrogens with zero attached hydrogens (tertiary/aromatic N) is 4. The van der Waals surface area contributed by atoms with Gasteiger partial charge in [0.15, 0.2) is 10.2 Å². The summed E-state index contributed by atoms with van der Waals surface area (Å²) in [7, 11) is 0. The monoisotopic (exact) mass is 347 g/mol. The predicted octanol–water partition coefficient (Wildman–Crippen LogP) is 3.83. The SMILES string of the molecule is Cc1ccccc1CSc1nn2c([C@@H](N)CC(C)C)nnc2s1. The first-order valence-electron chi connectivity index (χ1n) is 7.69. The van der Waals surface area contributed by atoms with Crippen LogP contribution < -0.4 is 5.73 Å². The fraction of sp³-hybridized carbons (Fsp3) is 0.438. The van der Waals surface area contributed by atoms with Gasteiger partial charge in [-0.15, -0.1) is 15.3 Å². The van der Waals surface area contributed by atoms with E-state index in [9.17, 15) is 0 Å². The molecular weight excluding hydrogens is 326 g/mol. The minimum absolute atomic E-state index is 0.124. The number of aromatic nitrogens is 4. The Balaban J connectivity index is 1.76. The zero-order valence-electron chi connectivity index (χ0n) is 13.6. The Kier molecular flexibility index (Phi) is 4.99. The molecule has 0 saturated carbocycles. The van der Waals surface area contributed by atoms with E-state index in [2.05, 4.69) is 60.3 Å². The molecule has 0 radical (unpaired) electrons. The van der Waals surface area contributed by atoms with Gasteiger partial charge >= 0.3 is 0 Å². The zero-order chi connectivity index (χ0) is 16.4. The molecule has 1 atom stereocenters. The van der Waals surface area contributed by atoms with Gasteiger partial charge in [0.05, 0.1) is 6.04 Å². The van der Waals surface area contributed by atoms with Gasteiger partial charge in [0.2, 0.25) is 4.96 Å². The van der Waals surface area contributed by atoms with Gasteiger partial charge in [-0.3, -0.25) is 0 Å². The number of rotatable bonds is 6. The Hall–Kier alpha value is -1.44. The summed E-state index contributed by atoms with van der Waals surface area (Å²) in [5.74, 6) is 2.18. The molecule has 5 nitrogen and oxygen atoms in total. The quantitative estimate of drug-likeness (QED) is 0.686. The highest BCUT2D eigenvalue weighted by molar-refractivity contribution is 8.00. The summed E-state index contributed by atoms with van der Waals surface area (Å²) in [6.45, 7) is 6.45. The van der Waals surface area contributed by atoms with Crippen molar-refractivity contribution in [3.05, 3.63) is 41.2 Å². The van der Waals surface area contributed by atoms with Crippen molar-refractivity contribution in [2.45, 2.75) is 43.3 Å². The molecule has 0 aliphatic carbocycles. The van der Waals surface area contributed by atoms with Crippen molar-refractivity contribution < 1.29 is 0 Å². The lowest BCUT2D eigenvalue weighted by molar-refractivity contribution is 0.485. The van der Waals surface area contributed by atoms with Crippen LogP contribution >= 0.6 is 23.1 Å². The average Bonchev–Trinajstić information content (AvgIpc) is 3.05. The van der Waals surface area contributed by atoms with E-state index in [4.69, 9.17) is 5.73 Å². The highest BCUT2D eigenvalue weighted by atomic mass is 32.2. The van der Waals surface area contributed by atoms with Gasteiger partial charge in [0, 0.05) is 5.75 Å². The third-order valence-electron chi connectivity index (χ3n) is 3.67. The number of thioether (sulfide) groups is 1. The maximum absolute atomic E-state index is 6.24. The topological polar surface area (TPSA) is 69.1 Å². The van der Waals surface area contributed by atoms with Gasteiger partial charge in [0.25, 0.3) is 0 Å². The fourth-order valence-corrected chi connectivity index (χ4v) is 4.39. The van der Waals surface area contributed by atoms with Crippen LogP contribution in [0, 0.1) is 12.8 Å². The lowest BCUT2D eigenvalue weighted by Crippen LogP contribution is -2.16. The van der Waals surface area contributed by atoms with Crippen molar-refractivity contribution in [1.29, 1.82) is 0 Å². The van der Waals surface area contributed by atoms with E-state index in [1.807, 2.05) is 0 Å². The number of benzene rings is 1. The number of fused-ring (bicyclic) bond motifs is 1. The van der Waals surface area contributed by atoms with Gasteiger partial charge in [-0.2, -0.15) is 4.52 Å². The second-order valence-corrected chi connectivity index (χ2v) is 8.25. The van der Waals surface area contributed by atoms with Crippen molar-refractivity contribution >= 4 is 28.1 Å². The molecule has 2 N–H and O–H groups in total. The third-order valence-corrected chi connectivity index (χ3v) is 5.75. The highest BCUT2D eigenvalue weighted by Gasteiger charge is 2.18. The van der Waals surface area contributed by atoms with Crippen LogP contribution in [-0.4, -0.2) is 19.8 Å². The average molecular weight is 348 g/mol. The summed E-state index contributed by atoms with van der Waals surface area (Å²) < 4.78 is 2.80. The number of hydrogen-bond donors (Lipinski definition) is 1. The van der Waals surface area contributed by atoms with Gasteiger partial charge in [-0.1, -0.05) is 61.2 Å². The van der Waals surface area contributed by atoms with Gasteiger partial charge < -0.3 is 5.73 Å². The summed E-state index contributed by atoms with van der Waals surface area (Å²) in [6, 6.07) is 8.31. The van der Waals surface area contributed by atoms with Crippen LogP contribution in [0.2, 0.25) is 0 Å². The Labute approximate surface area is 144 Å². The Morgan fingerprint density at radius 1 is 1.26 bits per heavy atom. The zero-order valence-corrected chi connectivity index (χ0v) is 15.2. The molecule has 2 heterocycles. The van der Waals surface area contributed by atoms with Crippen LogP contribution in [0.3, 0.4) is 0 Å². The Morgan fingerprint density at radius 3 is 2.78 bits per heavy atom. The first kappa shape index (κ1) is 16.4. The van der Waals surface area contributed by atoms with Crippen LogP contribution in [-0.2, 0) is 5.75 Å². The molecule has 0 saturated heterocycles. The highest BCUT2D eigenvalue weighted by Crippen LogP contribution is 2.29. The molecular formula is C16H21N5S2. The number of aryl methyl sites for hydroxylation is 1. The molecule has 0 unspecified atom stereocenters. The number of nitrogens with two attached hydrogens (primary N) is 1. The van der Waals surface area contributed by atoms with Crippen molar-refractivity contribution in [2.75, 3.05) is 0 Å². The molecule has 2 aromatic heterocycles. The summed E-state index contributed by atoms with van der Waals surface area (Å²) >= 11 is 3.30. The van der Waals surface area contributed by atoms with E-state index >= 15 is 0 Å². The molecule has 3 rings (SSSR count). The molecule has 122 valence electrons. The lowest BCUT2D eigenvalue weighted by Gasteiger charge is -2.10. The fourth-order valence-electron chi connectivity index (χ4n) is 2.43. The smallest absolute Gasteiger partial charge is 0.235 e. The van der Waals surface area contributed by atoms with Crippen LogP contribution in [0.15, 0.2) is 28.6 Å². The van der Waals surface area contributed by atoms with Crippen molar-refractivity contribution in [3.63, 3.8) is 0 Å². The van der Waals surface area contributed by atoms with Crippen LogP contribution in [0.25, 0.3) is 4.96 Å². The van der Waals surface area contributed by atoms with E-state index in [0.717, 1.165) is 27.3 Å². The maximum atomic E-state index is 6.24. The van der Waals surface area contributed by atoms with Crippen LogP contribution in [0.1, 0.15) is 43.3 Å². The molecule has 0 spiro atoms. The second kappa shape index (κ2) is 6.98. The van der Waals surface area contributed by atoms with Crippen LogP contribution in [0.4, 0.5) is 0 Å². The van der Waals surface area contributed by atoms with E-state index < -0.39 is 0 Å². The first-order valence-corrected chi connectivity index (χ1v) is 9.50. The largest absolute Gasteiger partial charge is 0.321 e. The summed E-state index contributed by atoms with van der Waals surface area (Å²) in [6.07, 6.45) is 0.879. The summed E-state index contributed by atoms with van der Waals surface area (Å²) in [5, 5.41) is 13.1. The van der Waals surface area contributed by atoms with E-state index in [1.165, 1.54) is 11.1 Å². The molecule has 0 aliphatic heterocycles. The van der Waals surface area contributed by atoms with Crippen LogP contribution in [0.5, 0.6) is 0 Å². The van der Waals surface area contributed by atoms with Gasteiger partial charge in [0.1, 0.15) is 0 Å². The minimum Gasteiger partial charge on any atom is -0.321 e. The first-order chi connectivity index (χ1) is 11.0. The summed E-state index contributed by atoms with van der Waals surface area (Å²) in [5.41, 5.74) is 8.88. The minimum atomic E-state index is -0.124. The Morgan fingerprint density at radius 2 is 2.04 bits per heavy atom. The molecule has 0 bridgehead atoms.